The molecular formula is C13H27NO3. The molecule has 0 spiro atoms. The smallest absolute Gasteiger partial charge is 0.410 e. The second-order valence-electron chi connectivity index (χ2n) is 5.57. The highest BCUT2D eigenvalue weighted by atomic mass is 16.6. The molecule has 0 saturated carbocycles. The Morgan fingerprint density at radius 2 is 1.76 bits per heavy atom. The second kappa shape index (κ2) is 5.71. The number of amides is 1. The maximum absolute atomic E-state index is 12.0. The zero-order chi connectivity index (χ0) is 13.9. The number of methoxy groups -OCH3 is 1. The summed E-state index contributed by atoms with van der Waals surface area (Å²) in [6, 6.07) is 0. The molecule has 4 nitrogen and oxygen atoms in total. The molecular weight excluding hydrogens is 218 g/mol. The Hall–Kier alpha value is -0.770. The molecule has 0 rings (SSSR count). The van der Waals surface area contributed by atoms with Crippen LogP contribution in [-0.2, 0) is 9.47 Å². The van der Waals surface area contributed by atoms with Crippen LogP contribution in [0.25, 0.3) is 0 Å². The van der Waals surface area contributed by atoms with E-state index in [0.717, 1.165) is 6.42 Å². The molecule has 0 aliphatic heterocycles. The van der Waals surface area contributed by atoms with Gasteiger partial charge in [0.25, 0.3) is 0 Å². The average Bonchev–Trinajstić information content (AvgIpc) is 2.26. The first-order chi connectivity index (χ1) is 7.58. The summed E-state index contributed by atoms with van der Waals surface area (Å²) in [6.07, 6.45) is 0.405. The van der Waals surface area contributed by atoms with Crippen LogP contribution in [0.4, 0.5) is 4.79 Å². The van der Waals surface area contributed by atoms with Crippen LogP contribution in [0.1, 0.15) is 48.0 Å². The minimum Gasteiger partial charge on any atom is -0.443 e. The van der Waals surface area contributed by atoms with Crippen molar-refractivity contribution in [1.82, 2.24) is 4.90 Å². The third kappa shape index (κ3) is 4.19. The van der Waals surface area contributed by atoms with Crippen molar-refractivity contribution >= 4 is 6.09 Å². The van der Waals surface area contributed by atoms with Gasteiger partial charge in [-0.1, -0.05) is 6.92 Å². The van der Waals surface area contributed by atoms with Crippen LogP contribution < -0.4 is 0 Å². The van der Waals surface area contributed by atoms with E-state index in [1.54, 1.807) is 19.1 Å². The highest BCUT2D eigenvalue weighted by Crippen LogP contribution is 2.23. The maximum atomic E-state index is 12.0. The predicted octanol–water partition coefficient (Wildman–Crippen LogP) is 3.06. The van der Waals surface area contributed by atoms with Crippen molar-refractivity contribution in [2.75, 3.05) is 14.2 Å². The van der Waals surface area contributed by atoms with Gasteiger partial charge in [0.1, 0.15) is 5.60 Å². The molecule has 0 heterocycles. The molecule has 1 unspecified atom stereocenters. The first-order valence-electron chi connectivity index (χ1n) is 6.08. The van der Waals surface area contributed by atoms with Gasteiger partial charge in [-0.3, -0.25) is 0 Å². The van der Waals surface area contributed by atoms with Crippen molar-refractivity contribution < 1.29 is 14.3 Å². The van der Waals surface area contributed by atoms with Crippen molar-refractivity contribution in [3.63, 3.8) is 0 Å². The summed E-state index contributed by atoms with van der Waals surface area (Å²) in [5.74, 6) is 0. The summed E-state index contributed by atoms with van der Waals surface area (Å²) in [5, 5.41) is 0. The zero-order valence-electron chi connectivity index (χ0n) is 12.5. The first kappa shape index (κ1) is 16.2. The van der Waals surface area contributed by atoms with Crippen LogP contribution in [-0.4, -0.2) is 42.4 Å². The number of nitrogens with zero attached hydrogens (tertiary/aromatic N) is 1. The van der Waals surface area contributed by atoms with Gasteiger partial charge < -0.3 is 14.4 Å². The summed E-state index contributed by atoms with van der Waals surface area (Å²) in [5.41, 5.74) is -0.840. The van der Waals surface area contributed by atoms with Crippen molar-refractivity contribution in [2.45, 2.75) is 65.2 Å². The summed E-state index contributed by atoms with van der Waals surface area (Å²) >= 11 is 0. The van der Waals surface area contributed by atoms with Gasteiger partial charge in [-0.2, -0.15) is 0 Å². The normalized spacial score (nSPS) is 14.4. The Kier molecular flexibility index (Phi) is 5.46. The lowest BCUT2D eigenvalue weighted by molar-refractivity contribution is -0.0390. The predicted molar refractivity (Wildman–Crippen MR) is 69.2 cm³/mol. The van der Waals surface area contributed by atoms with Crippen LogP contribution in [0, 0.1) is 0 Å². The summed E-state index contributed by atoms with van der Waals surface area (Å²) in [4.78, 5) is 13.6. The van der Waals surface area contributed by atoms with E-state index in [9.17, 15) is 4.79 Å². The molecule has 0 aliphatic rings. The number of likely N-dealkylation sites (N-methyl/N-ethyl adjacent to an activating group) is 1. The van der Waals surface area contributed by atoms with Crippen LogP contribution in [0.2, 0.25) is 0 Å². The molecule has 0 radical (unpaired) electrons. The highest BCUT2D eigenvalue weighted by molar-refractivity contribution is 5.68. The molecule has 0 saturated heterocycles. The van der Waals surface area contributed by atoms with E-state index in [1.807, 2.05) is 41.5 Å². The van der Waals surface area contributed by atoms with Crippen molar-refractivity contribution in [3.05, 3.63) is 0 Å². The monoisotopic (exact) mass is 245 g/mol. The van der Waals surface area contributed by atoms with Gasteiger partial charge in [0.15, 0.2) is 0 Å². The second-order valence-corrected chi connectivity index (χ2v) is 5.57. The fraction of sp³-hybridized carbons (Fsp3) is 0.923. The standard InChI is InChI=1S/C13H27NO3/c1-9-12(3,4)17-11(15)14(7)13(5,6)10(2)16-8/h10H,9H2,1-8H3. The molecule has 0 aromatic carbocycles. The molecule has 0 bridgehead atoms. The fourth-order valence-corrected chi connectivity index (χ4v) is 1.17. The number of ether oxygens (including phenoxy) is 2. The van der Waals surface area contributed by atoms with Gasteiger partial charge in [0, 0.05) is 14.2 Å². The van der Waals surface area contributed by atoms with E-state index in [1.165, 1.54) is 0 Å². The molecule has 0 aromatic heterocycles. The Morgan fingerprint density at radius 1 is 1.29 bits per heavy atom. The molecule has 0 fully saturated rings. The first-order valence-corrected chi connectivity index (χ1v) is 6.08. The van der Waals surface area contributed by atoms with E-state index in [2.05, 4.69) is 0 Å². The van der Waals surface area contributed by atoms with Crippen molar-refractivity contribution in [1.29, 1.82) is 0 Å². The molecule has 0 N–H and O–H groups in total. The number of hydrogen-bond acceptors (Lipinski definition) is 3. The lowest BCUT2D eigenvalue weighted by Gasteiger charge is -2.40. The largest absolute Gasteiger partial charge is 0.443 e. The van der Waals surface area contributed by atoms with Gasteiger partial charge in [-0.15, -0.1) is 0 Å². The summed E-state index contributed by atoms with van der Waals surface area (Å²) in [7, 11) is 3.38. The highest BCUT2D eigenvalue weighted by Gasteiger charge is 2.36. The third-order valence-electron chi connectivity index (χ3n) is 3.70. The molecule has 0 aromatic rings. The van der Waals surface area contributed by atoms with Crippen molar-refractivity contribution in [2.24, 2.45) is 0 Å². The van der Waals surface area contributed by atoms with Crippen molar-refractivity contribution in [3.8, 4) is 0 Å². The van der Waals surface area contributed by atoms with Crippen LogP contribution in [0.3, 0.4) is 0 Å². The van der Waals surface area contributed by atoms with Gasteiger partial charge >= 0.3 is 6.09 Å². The van der Waals surface area contributed by atoms with E-state index in [0.29, 0.717) is 0 Å². The van der Waals surface area contributed by atoms with E-state index in [4.69, 9.17) is 9.47 Å². The quantitative estimate of drug-likeness (QED) is 0.747. The topological polar surface area (TPSA) is 38.8 Å². The Morgan fingerprint density at radius 3 is 2.12 bits per heavy atom. The number of carbonyl (C=O) groups is 1. The van der Waals surface area contributed by atoms with E-state index >= 15 is 0 Å². The molecule has 1 amide bonds. The third-order valence-corrected chi connectivity index (χ3v) is 3.70. The minimum atomic E-state index is -0.433. The lowest BCUT2D eigenvalue weighted by Crippen LogP contribution is -2.53. The number of carbonyl (C=O) groups excluding carboxylic acids is 1. The lowest BCUT2D eigenvalue weighted by atomic mass is 9.97. The Labute approximate surface area is 105 Å². The molecule has 0 aliphatic carbocycles. The van der Waals surface area contributed by atoms with Gasteiger partial charge in [-0.05, 0) is 41.0 Å². The average molecular weight is 245 g/mol. The Balaban J connectivity index is 4.71. The number of hydrogen-bond donors (Lipinski definition) is 0. The molecule has 102 valence electrons. The van der Waals surface area contributed by atoms with E-state index in [-0.39, 0.29) is 12.2 Å². The minimum absolute atomic E-state index is 0.0650. The molecule has 4 heteroatoms. The Bertz CT molecular complexity index is 261. The van der Waals surface area contributed by atoms with Gasteiger partial charge in [0.05, 0.1) is 11.6 Å². The fourth-order valence-electron chi connectivity index (χ4n) is 1.17. The summed E-state index contributed by atoms with van der Waals surface area (Å²) in [6.45, 7) is 11.7. The van der Waals surface area contributed by atoms with Crippen LogP contribution in [0.5, 0.6) is 0 Å². The van der Waals surface area contributed by atoms with Crippen LogP contribution >= 0.6 is 0 Å². The SMILES string of the molecule is CCC(C)(C)OC(=O)N(C)C(C)(C)C(C)OC. The van der Waals surface area contributed by atoms with E-state index < -0.39 is 11.1 Å². The molecule has 1 atom stereocenters. The van der Waals surface area contributed by atoms with Crippen LogP contribution in [0.15, 0.2) is 0 Å². The van der Waals surface area contributed by atoms with Gasteiger partial charge in [0.2, 0.25) is 0 Å². The summed E-state index contributed by atoms with van der Waals surface area (Å²) < 4.78 is 10.8. The maximum Gasteiger partial charge on any atom is 0.410 e. The molecule has 17 heavy (non-hydrogen) atoms. The van der Waals surface area contributed by atoms with Gasteiger partial charge in [-0.25, -0.2) is 4.79 Å². The zero-order valence-corrected chi connectivity index (χ0v) is 12.5. The number of rotatable bonds is 5.